The highest BCUT2D eigenvalue weighted by molar-refractivity contribution is 6.07. The van der Waals surface area contributed by atoms with Gasteiger partial charge in [0, 0.05) is 80.6 Å². The summed E-state index contributed by atoms with van der Waals surface area (Å²) < 4.78 is 25.7. The quantitative estimate of drug-likeness (QED) is 0.0941. The van der Waals surface area contributed by atoms with Crippen molar-refractivity contribution in [2.75, 3.05) is 0 Å². The first-order chi connectivity index (χ1) is 41.5. The minimum Gasteiger partial charge on any atom is -0.508 e. The average Bonchev–Trinajstić information content (AvgIpc) is 1.38. The Hall–Kier alpha value is -11.8. The molecule has 0 aromatic heterocycles. The Bertz CT molecular complexity index is 4660. The number of ether oxygens (including phenoxy) is 4. The number of fused-ring (bicyclic) bond motifs is 20. The maximum absolute atomic E-state index is 13.6. The van der Waals surface area contributed by atoms with E-state index in [1.165, 1.54) is 54.6 Å². The van der Waals surface area contributed by atoms with Crippen LogP contribution in [0.1, 0.15) is 100 Å². The van der Waals surface area contributed by atoms with Crippen molar-refractivity contribution in [3.05, 3.63) is 213 Å². The van der Waals surface area contributed by atoms with Gasteiger partial charge in [-0.25, -0.2) is 19.2 Å². The average molecular weight is 1150 g/mol. The molecule has 2 fully saturated rings. The number of aromatic hydroxyl groups is 4. The lowest BCUT2D eigenvalue weighted by Gasteiger charge is -2.37. The Balaban J connectivity index is 0.000000145. The lowest BCUT2D eigenvalue weighted by Crippen LogP contribution is -2.34. The lowest BCUT2D eigenvalue weighted by atomic mass is 9.76. The van der Waals surface area contributed by atoms with Crippen LogP contribution in [0.3, 0.4) is 0 Å². The zero-order valence-electron chi connectivity index (χ0n) is 44.2. The molecule has 0 aliphatic carbocycles. The van der Waals surface area contributed by atoms with Crippen molar-refractivity contribution < 1.29 is 87.4 Å². The van der Waals surface area contributed by atoms with E-state index in [9.17, 15) is 58.8 Å². The molecule has 86 heavy (non-hydrogen) atoms. The second-order valence-corrected chi connectivity index (χ2v) is 21.2. The van der Waals surface area contributed by atoms with E-state index in [1.807, 2.05) is 0 Å². The van der Waals surface area contributed by atoms with Gasteiger partial charge in [-0.3, -0.25) is 19.2 Å². The van der Waals surface area contributed by atoms with Gasteiger partial charge in [0.25, 0.3) is 23.6 Å². The van der Waals surface area contributed by atoms with Crippen molar-refractivity contribution in [3.8, 4) is 46.0 Å². The van der Waals surface area contributed by atoms with Gasteiger partial charge in [-0.2, -0.15) is 0 Å². The van der Waals surface area contributed by atoms with Crippen LogP contribution in [0.25, 0.3) is 43.1 Å². The third-order valence-electron chi connectivity index (χ3n) is 16.3. The number of carbonyl (C=O) groups is 8. The molecule has 0 bridgehead atoms. The summed E-state index contributed by atoms with van der Waals surface area (Å²) in [6, 6.07) is 42.2. The Kier molecular flexibility index (Phi) is 10.9. The number of carbonyl (C=O) groups excluding carboxylic acids is 8. The van der Waals surface area contributed by atoms with E-state index in [2.05, 4.69) is 0 Å². The van der Waals surface area contributed by atoms with Crippen LogP contribution in [0.5, 0.6) is 46.0 Å². The predicted molar refractivity (Wildman–Crippen MR) is 299 cm³/mol. The van der Waals surface area contributed by atoms with E-state index in [-0.39, 0.29) is 70.9 Å². The summed E-state index contributed by atoms with van der Waals surface area (Å²) in [5, 5.41) is 46.7. The molecule has 10 aromatic carbocycles. The summed E-state index contributed by atoms with van der Waals surface area (Å²) in [6.07, 6.45) is -0.192. The molecule has 4 amide bonds. The van der Waals surface area contributed by atoms with E-state index >= 15 is 0 Å². The zero-order chi connectivity index (χ0) is 59.2. The molecule has 6 aliphatic heterocycles. The van der Waals surface area contributed by atoms with Crippen LogP contribution < -0.4 is 9.47 Å². The van der Waals surface area contributed by atoms with Gasteiger partial charge in [-0.1, -0.05) is 30.3 Å². The third-order valence-corrected chi connectivity index (χ3v) is 16.3. The monoisotopic (exact) mass is 1150 g/mol. The minimum absolute atomic E-state index is 0.00469. The van der Waals surface area contributed by atoms with E-state index in [0.717, 1.165) is 0 Å². The summed E-state index contributed by atoms with van der Waals surface area (Å²) in [5.74, 6) is -3.82. The molecular weight excluding hydrogens is 1110 g/mol. The molecule has 4 N–H and O–H groups in total. The van der Waals surface area contributed by atoms with Crippen molar-refractivity contribution in [1.29, 1.82) is 0 Å². The van der Waals surface area contributed by atoms with Gasteiger partial charge in [-0.05, 0) is 149 Å². The normalized spacial score (nSPS) is 16.2. The molecule has 0 atom stereocenters. The van der Waals surface area contributed by atoms with Crippen molar-refractivity contribution >= 4 is 90.6 Å². The van der Waals surface area contributed by atoms with Crippen LogP contribution in [0, 0.1) is 0 Å². The fourth-order valence-corrected chi connectivity index (χ4v) is 12.4. The van der Waals surface area contributed by atoms with Crippen molar-refractivity contribution in [2.24, 2.45) is 0 Å². The lowest BCUT2D eigenvalue weighted by molar-refractivity contribution is -0.173. The zero-order valence-corrected chi connectivity index (χ0v) is 44.2. The number of imide groups is 2. The van der Waals surface area contributed by atoms with E-state index in [4.69, 9.17) is 28.6 Å². The summed E-state index contributed by atoms with van der Waals surface area (Å²) in [4.78, 5) is 111. The Morgan fingerprint density at radius 2 is 0.686 bits per heavy atom. The Labute approximate surface area is 482 Å². The van der Waals surface area contributed by atoms with Crippen LogP contribution in [0.4, 0.5) is 0 Å². The van der Waals surface area contributed by atoms with Gasteiger partial charge in [0.05, 0.1) is 22.3 Å². The highest BCUT2D eigenvalue weighted by atomic mass is 16.7. The Morgan fingerprint density at radius 1 is 0.360 bits per heavy atom. The fourth-order valence-electron chi connectivity index (χ4n) is 12.4. The number of hydroxylamine groups is 4. The van der Waals surface area contributed by atoms with Gasteiger partial charge >= 0.3 is 23.9 Å². The molecule has 2 spiro atoms. The molecule has 20 nitrogen and oxygen atoms in total. The van der Waals surface area contributed by atoms with Gasteiger partial charge in [0.2, 0.25) is 0 Å². The first-order valence-corrected chi connectivity index (χ1v) is 26.8. The van der Waals surface area contributed by atoms with Gasteiger partial charge in [0.1, 0.15) is 46.0 Å². The highest BCUT2D eigenvalue weighted by Gasteiger charge is 2.56. The predicted octanol–water partition coefficient (Wildman–Crippen LogP) is 10.4. The highest BCUT2D eigenvalue weighted by Crippen LogP contribution is 2.61. The van der Waals surface area contributed by atoms with Gasteiger partial charge in [-0.15, -0.1) is 10.1 Å². The van der Waals surface area contributed by atoms with Gasteiger partial charge < -0.3 is 49.0 Å². The van der Waals surface area contributed by atoms with Crippen molar-refractivity contribution in [3.63, 3.8) is 0 Å². The molecule has 20 heteroatoms. The summed E-state index contributed by atoms with van der Waals surface area (Å²) in [7, 11) is 0. The van der Waals surface area contributed by atoms with E-state index in [1.54, 1.807) is 103 Å². The number of phenolic OH excluding ortho intramolecular Hbond substituents is 4. The van der Waals surface area contributed by atoms with Crippen molar-refractivity contribution in [1.82, 2.24) is 10.1 Å². The first kappa shape index (κ1) is 51.1. The molecular formula is C66H38N2O18. The first-order valence-electron chi connectivity index (χ1n) is 26.8. The van der Waals surface area contributed by atoms with Crippen LogP contribution in [0.15, 0.2) is 158 Å². The number of esters is 2. The topological polar surface area (TPSA) is 279 Å². The molecule has 10 aromatic rings. The maximum Gasteiger partial charge on any atom is 0.363 e. The number of hydrogen-bond donors (Lipinski definition) is 4. The summed E-state index contributed by atoms with van der Waals surface area (Å²) in [6.45, 7) is 0. The van der Waals surface area contributed by atoms with E-state index < -0.39 is 58.7 Å². The standard InChI is InChI=1S/2C33H19NO9/c35-19-4-6-21-16(13-19)1-9-25-29(21)41-30-22-7-5-20(36)14-17(22)2-10-26(30)33(25)24-8-3-18(15-23(24)32(40)42-33)31(39)43-34-27(37)11-12-28(34)38;35-19-4-7-21-16(13-19)2-9-24-29(21)41-30-22-8-5-20(36)14-17(22)3-10-25(30)33(24)26-15-18(1-6-23(26)32(40)42-33)31(39)43-34-27(37)11-12-28(34)38/h2*1-10,13-15,35-36H,11-12H2. The number of hydrogen-bond acceptors (Lipinski definition) is 18. The Morgan fingerprint density at radius 3 is 1.07 bits per heavy atom. The molecule has 0 radical (unpaired) electrons. The molecule has 0 unspecified atom stereocenters. The number of benzene rings is 10. The molecule has 16 rings (SSSR count). The van der Waals surface area contributed by atoms with Gasteiger partial charge in [0.15, 0.2) is 11.2 Å². The summed E-state index contributed by atoms with van der Waals surface area (Å²) >= 11 is 0. The summed E-state index contributed by atoms with van der Waals surface area (Å²) in [5.41, 5.74) is 0.0453. The molecule has 6 aliphatic rings. The third kappa shape index (κ3) is 7.41. The number of phenols is 4. The van der Waals surface area contributed by atoms with Crippen LogP contribution >= 0.6 is 0 Å². The van der Waals surface area contributed by atoms with Crippen LogP contribution in [-0.2, 0) is 49.5 Å². The number of amides is 4. The molecule has 6 heterocycles. The largest absolute Gasteiger partial charge is 0.508 e. The molecule has 0 saturated carbocycles. The fraction of sp³-hybridized carbons (Fsp3) is 0.0909. The smallest absolute Gasteiger partial charge is 0.363 e. The van der Waals surface area contributed by atoms with Crippen LogP contribution in [0.2, 0.25) is 0 Å². The SMILES string of the molecule is O=C(ON1C(=O)CCC1=O)c1ccc2c(c1)C(=O)OC21c2ccc3cc(O)ccc3c2Oc2c1ccc1cc(O)ccc21.O=C(ON1C(=O)CCC1=O)c1ccc2c(c1)C1(OC2=O)c2ccc3cc(O)ccc3c2Oc2c1ccc1cc(O)ccc21. The van der Waals surface area contributed by atoms with E-state index in [0.29, 0.717) is 110 Å². The number of nitrogens with zero attached hydrogens (tertiary/aromatic N) is 2. The second-order valence-electron chi connectivity index (χ2n) is 21.2. The van der Waals surface area contributed by atoms with Crippen molar-refractivity contribution in [2.45, 2.75) is 36.9 Å². The number of rotatable bonds is 4. The molecule has 2 saturated heterocycles. The second kappa shape index (κ2) is 18.4. The maximum atomic E-state index is 13.6. The van der Waals surface area contributed by atoms with Crippen LogP contribution in [-0.4, -0.2) is 78.1 Å². The minimum atomic E-state index is -1.57. The molecule has 420 valence electrons.